The minimum atomic E-state index is 0.413. The number of aromatic nitrogens is 3. The number of para-hydroxylation sites is 1. The van der Waals surface area contributed by atoms with Gasteiger partial charge < -0.3 is 10.1 Å². The Kier molecular flexibility index (Phi) is 4.74. The summed E-state index contributed by atoms with van der Waals surface area (Å²) in [6, 6.07) is 18.9. The maximum absolute atomic E-state index is 6.04. The van der Waals surface area contributed by atoms with Crippen molar-refractivity contribution in [2.45, 2.75) is 38.6 Å². The first-order valence-electron chi connectivity index (χ1n) is 8.73. The monoisotopic (exact) mass is 334 g/mol. The van der Waals surface area contributed by atoms with Crippen LogP contribution in [0.4, 0.5) is 0 Å². The standard InChI is InChI=1S/C20H22N4O/c1-2-6-16(7-3-1)14-25-19-9-5-4-8-17(19)12-21-18-10-11-20-22-15-23-24(20)13-18/h1-9,15,18,21H,10-14H2/t18-/m1/s1. The van der Waals surface area contributed by atoms with E-state index in [0.29, 0.717) is 12.6 Å². The van der Waals surface area contributed by atoms with E-state index in [-0.39, 0.29) is 0 Å². The zero-order valence-corrected chi connectivity index (χ0v) is 14.1. The molecule has 1 atom stereocenters. The number of fused-ring (bicyclic) bond motifs is 1. The molecule has 0 saturated heterocycles. The molecule has 0 unspecified atom stereocenters. The summed E-state index contributed by atoms with van der Waals surface area (Å²) in [4.78, 5) is 4.28. The van der Waals surface area contributed by atoms with Crippen LogP contribution >= 0.6 is 0 Å². The molecule has 0 aliphatic carbocycles. The van der Waals surface area contributed by atoms with Gasteiger partial charge in [-0.05, 0) is 18.1 Å². The highest BCUT2D eigenvalue weighted by Crippen LogP contribution is 2.20. The van der Waals surface area contributed by atoms with Gasteiger partial charge in [0.15, 0.2) is 0 Å². The summed E-state index contributed by atoms with van der Waals surface area (Å²) in [5.74, 6) is 2.03. The smallest absolute Gasteiger partial charge is 0.138 e. The van der Waals surface area contributed by atoms with Crippen LogP contribution in [0, 0.1) is 0 Å². The van der Waals surface area contributed by atoms with E-state index in [2.05, 4.69) is 39.7 Å². The fraction of sp³-hybridized carbons (Fsp3) is 0.300. The lowest BCUT2D eigenvalue weighted by atomic mass is 10.1. The third-order valence-electron chi connectivity index (χ3n) is 4.60. The minimum absolute atomic E-state index is 0.413. The van der Waals surface area contributed by atoms with Crippen molar-refractivity contribution in [1.29, 1.82) is 0 Å². The number of aryl methyl sites for hydroxylation is 1. The molecule has 25 heavy (non-hydrogen) atoms. The molecule has 5 nitrogen and oxygen atoms in total. The van der Waals surface area contributed by atoms with E-state index in [1.807, 2.05) is 35.0 Å². The Morgan fingerprint density at radius 1 is 1.08 bits per heavy atom. The topological polar surface area (TPSA) is 52.0 Å². The summed E-state index contributed by atoms with van der Waals surface area (Å²) in [5, 5.41) is 7.92. The van der Waals surface area contributed by atoms with E-state index in [4.69, 9.17) is 4.74 Å². The van der Waals surface area contributed by atoms with Gasteiger partial charge in [-0.3, -0.25) is 0 Å². The SMILES string of the molecule is c1ccc(COc2ccccc2CN[C@@H]2CCc3ncnn3C2)cc1. The molecule has 2 heterocycles. The molecular weight excluding hydrogens is 312 g/mol. The molecule has 2 aromatic carbocycles. The second-order valence-corrected chi connectivity index (χ2v) is 6.36. The summed E-state index contributed by atoms with van der Waals surface area (Å²) < 4.78 is 8.04. The first kappa shape index (κ1) is 15.8. The number of nitrogens with zero attached hydrogens (tertiary/aromatic N) is 3. The maximum Gasteiger partial charge on any atom is 0.138 e. The fourth-order valence-electron chi connectivity index (χ4n) is 3.18. The highest BCUT2D eigenvalue weighted by Gasteiger charge is 2.19. The molecule has 5 heteroatoms. The van der Waals surface area contributed by atoms with E-state index < -0.39 is 0 Å². The lowest BCUT2D eigenvalue weighted by Gasteiger charge is -2.24. The number of hydrogen-bond acceptors (Lipinski definition) is 4. The lowest BCUT2D eigenvalue weighted by Crippen LogP contribution is -2.37. The number of benzene rings is 2. The molecule has 1 aliphatic heterocycles. The van der Waals surface area contributed by atoms with E-state index >= 15 is 0 Å². The summed E-state index contributed by atoms with van der Waals surface area (Å²) in [7, 11) is 0. The number of hydrogen-bond donors (Lipinski definition) is 1. The molecule has 3 aromatic rings. The number of rotatable bonds is 6. The van der Waals surface area contributed by atoms with Crippen LogP contribution in [0.3, 0.4) is 0 Å². The minimum Gasteiger partial charge on any atom is -0.489 e. The first-order valence-corrected chi connectivity index (χ1v) is 8.73. The second-order valence-electron chi connectivity index (χ2n) is 6.36. The van der Waals surface area contributed by atoms with E-state index in [0.717, 1.165) is 37.5 Å². The Labute approximate surface area is 147 Å². The molecule has 0 spiro atoms. The predicted molar refractivity (Wildman–Crippen MR) is 96.2 cm³/mol. The van der Waals surface area contributed by atoms with Gasteiger partial charge in [0, 0.05) is 24.6 Å². The molecular formula is C20H22N4O. The Morgan fingerprint density at radius 3 is 2.84 bits per heavy atom. The second kappa shape index (κ2) is 7.49. The Morgan fingerprint density at radius 2 is 1.92 bits per heavy atom. The van der Waals surface area contributed by atoms with Crippen molar-refractivity contribution in [2.24, 2.45) is 0 Å². The summed E-state index contributed by atoms with van der Waals surface area (Å²) in [6.07, 6.45) is 3.71. The van der Waals surface area contributed by atoms with Crippen molar-refractivity contribution in [2.75, 3.05) is 0 Å². The number of nitrogens with one attached hydrogen (secondary N) is 1. The Balaban J connectivity index is 1.36. The van der Waals surface area contributed by atoms with Crippen molar-refractivity contribution in [1.82, 2.24) is 20.1 Å². The van der Waals surface area contributed by atoms with Gasteiger partial charge in [0.05, 0.1) is 6.54 Å². The van der Waals surface area contributed by atoms with Crippen LogP contribution in [0.5, 0.6) is 5.75 Å². The molecule has 4 rings (SSSR count). The molecule has 128 valence electrons. The van der Waals surface area contributed by atoms with Gasteiger partial charge in [0.25, 0.3) is 0 Å². The molecule has 1 N–H and O–H groups in total. The highest BCUT2D eigenvalue weighted by atomic mass is 16.5. The Hall–Kier alpha value is -2.66. The van der Waals surface area contributed by atoms with Gasteiger partial charge in [0.1, 0.15) is 24.5 Å². The van der Waals surface area contributed by atoms with Crippen molar-refractivity contribution in [3.8, 4) is 5.75 Å². The van der Waals surface area contributed by atoms with Crippen molar-refractivity contribution < 1.29 is 4.74 Å². The van der Waals surface area contributed by atoms with E-state index in [1.54, 1.807) is 6.33 Å². The summed E-state index contributed by atoms with van der Waals surface area (Å²) in [6.45, 7) is 2.26. The van der Waals surface area contributed by atoms with Crippen molar-refractivity contribution in [3.05, 3.63) is 77.9 Å². The van der Waals surface area contributed by atoms with Crippen LogP contribution in [0.15, 0.2) is 60.9 Å². The largest absolute Gasteiger partial charge is 0.489 e. The molecule has 1 aliphatic rings. The van der Waals surface area contributed by atoms with Crippen LogP contribution in [0.1, 0.15) is 23.4 Å². The average molecular weight is 334 g/mol. The van der Waals surface area contributed by atoms with E-state index in [1.165, 1.54) is 11.1 Å². The third-order valence-corrected chi connectivity index (χ3v) is 4.60. The average Bonchev–Trinajstić information content (AvgIpc) is 3.14. The van der Waals surface area contributed by atoms with Gasteiger partial charge >= 0.3 is 0 Å². The predicted octanol–water partition coefficient (Wildman–Crippen LogP) is 2.96. The van der Waals surface area contributed by atoms with Crippen LogP contribution in [0.2, 0.25) is 0 Å². The normalized spacial score (nSPS) is 16.4. The van der Waals surface area contributed by atoms with Gasteiger partial charge in [-0.25, -0.2) is 9.67 Å². The molecule has 1 aromatic heterocycles. The maximum atomic E-state index is 6.04. The summed E-state index contributed by atoms with van der Waals surface area (Å²) in [5.41, 5.74) is 2.36. The van der Waals surface area contributed by atoms with Crippen molar-refractivity contribution >= 4 is 0 Å². The third kappa shape index (κ3) is 3.88. The zero-order valence-electron chi connectivity index (χ0n) is 14.1. The molecule has 0 radical (unpaired) electrons. The molecule has 0 fully saturated rings. The van der Waals surface area contributed by atoms with Crippen LogP contribution in [0.25, 0.3) is 0 Å². The van der Waals surface area contributed by atoms with Gasteiger partial charge in [0.2, 0.25) is 0 Å². The van der Waals surface area contributed by atoms with Crippen molar-refractivity contribution in [3.63, 3.8) is 0 Å². The molecule has 0 saturated carbocycles. The molecule has 0 amide bonds. The zero-order chi connectivity index (χ0) is 16.9. The number of ether oxygens (including phenoxy) is 1. The van der Waals surface area contributed by atoms with Crippen LogP contribution in [-0.4, -0.2) is 20.8 Å². The van der Waals surface area contributed by atoms with Gasteiger partial charge in [-0.15, -0.1) is 0 Å². The summed E-state index contributed by atoms with van der Waals surface area (Å²) >= 11 is 0. The fourth-order valence-corrected chi connectivity index (χ4v) is 3.18. The Bertz CT molecular complexity index is 815. The van der Waals surface area contributed by atoms with Gasteiger partial charge in [-0.2, -0.15) is 5.10 Å². The highest BCUT2D eigenvalue weighted by molar-refractivity contribution is 5.33. The molecule has 0 bridgehead atoms. The van der Waals surface area contributed by atoms with Crippen LogP contribution < -0.4 is 10.1 Å². The quantitative estimate of drug-likeness (QED) is 0.753. The van der Waals surface area contributed by atoms with E-state index in [9.17, 15) is 0 Å². The first-order chi connectivity index (χ1) is 12.4. The van der Waals surface area contributed by atoms with Gasteiger partial charge in [-0.1, -0.05) is 48.5 Å². The lowest BCUT2D eigenvalue weighted by molar-refractivity contribution is 0.299. The van der Waals surface area contributed by atoms with Crippen LogP contribution in [-0.2, 0) is 26.1 Å².